The molecule has 0 radical (unpaired) electrons. The van der Waals surface area contributed by atoms with Crippen LogP contribution >= 0.6 is 0 Å². The van der Waals surface area contributed by atoms with Gasteiger partial charge in [0.25, 0.3) is 0 Å². The molecule has 3 nitrogen and oxygen atoms in total. The van der Waals surface area contributed by atoms with Gasteiger partial charge in [0.2, 0.25) is 0 Å². The van der Waals surface area contributed by atoms with E-state index in [0.717, 1.165) is 17.7 Å². The van der Waals surface area contributed by atoms with Crippen LogP contribution < -0.4 is 0 Å². The van der Waals surface area contributed by atoms with Gasteiger partial charge in [-0.05, 0) is 31.0 Å². The molecule has 0 aliphatic carbocycles. The minimum Gasteiger partial charge on any atom is -0.388 e. The summed E-state index contributed by atoms with van der Waals surface area (Å²) in [6.07, 6.45) is 3.12. The fourth-order valence-corrected chi connectivity index (χ4v) is 1.92. The van der Waals surface area contributed by atoms with Gasteiger partial charge < -0.3 is 5.11 Å². The largest absolute Gasteiger partial charge is 0.388 e. The summed E-state index contributed by atoms with van der Waals surface area (Å²) in [5, 5.41) is 14.2. The van der Waals surface area contributed by atoms with Crippen molar-refractivity contribution in [3.63, 3.8) is 0 Å². The minimum absolute atomic E-state index is 0.338. The third-order valence-electron chi connectivity index (χ3n) is 2.95. The first-order valence-electron chi connectivity index (χ1n) is 6.05. The van der Waals surface area contributed by atoms with Crippen molar-refractivity contribution >= 4 is 0 Å². The molecular formula is C14H17FN2O. The first-order chi connectivity index (χ1) is 8.60. The van der Waals surface area contributed by atoms with Gasteiger partial charge in [-0.15, -0.1) is 0 Å². The van der Waals surface area contributed by atoms with Crippen LogP contribution in [0.2, 0.25) is 0 Å². The highest BCUT2D eigenvalue weighted by molar-refractivity contribution is 5.26. The summed E-state index contributed by atoms with van der Waals surface area (Å²) in [6, 6.07) is 4.88. The number of rotatable bonds is 4. The maximum atomic E-state index is 13.7. The van der Waals surface area contributed by atoms with Gasteiger partial charge in [-0.2, -0.15) is 5.10 Å². The molecule has 18 heavy (non-hydrogen) atoms. The zero-order chi connectivity index (χ0) is 13.1. The van der Waals surface area contributed by atoms with Crippen LogP contribution in [0.5, 0.6) is 0 Å². The third-order valence-corrected chi connectivity index (χ3v) is 2.95. The van der Waals surface area contributed by atoms with Crippen molar-refractivity contribution in [2.45, 2.75) is 32.9 Å². The lowest BCUT2D eigenvalue weighted by molar-refractivity contribution is 0.173. The Hall–Kier alpha value is -1.68. The highest BCUT2D eigenvalue weighted by Gasteiger charge is 2.14. The lowest BCUT2D eigenvalue weighted by atomic mass is 10.0. The van der Waals surface area contributed by atoms with E-state index < -0.39 is 6.10 Å². The Kier molecular flexibility index (Phi) is 3.77. The number of hydrogen-bond acceptors (Lipinski definition) is 2. The quantitative estimate of drug-likeness (QED) is 0.903. The van der Waals surface area contributed by atoms with Crippen molar-refractivity contribution in [1.29, 1.82) is 0 Å². The number of benzene rings is 1. The van der Waals surface area contributed by atoms with E-state index in [9.17, 15) is 9.50 Å². The fraction of sp³-hybridized carbons (Fsp3) is 0.357. The molecule has 0 saturated heterocycles. The van der Waals surface area contributed by atoms with Gasteiger partial charge in [-0.25, -0.2) is 4.39 Å². The smallest absolute Gasteiger partial charge is 0.129 e. The van der Waals surface area contributed by atoms with Crippen LogP contribution in [0.25, 0.3) is 0 Å². The first kappa shape index (κ1) is 12.8. The van der Waals surface area contributed by atoms with Crippen LogP contribution in [0.3, 0.4) is 0 Å². The van der Waals surface area contributed by atoms with Gasteiger partial charge in [-0.3, -0.25) is 4.68 Å². The molecule has 1 unspecified atom stereocenters. The third kappa shape index (κ3) is 2.76. The topological polar surface area (TPSA) is 38.0 Å². The van der Waals surface area contributed by atoms with Crippen LogP contribution in [0.15, 0.2) is 30.6 Å². The van der Waals surface area contributed by atoms with Crippen molar-refractivity contribution in [2.75, 3.05) is 0 Å². The SMILES string of the molecule is CCn1cc(CC(O)c2ccc(C)cc2F)cn1. The summed E-state index contributed by atoms with van der Waals surface area (Å²) in [5.74, 6) is -0.356. The van der Waals surface area contributed by atoms with Crippen LogP contribution in [-0.4, -0.2) is 14.9 Å². The van der Waals surface area contributed by atoms with E-state index in [1.165, 1.54) is 6.07 Å². The van der Waals surface area contributed by atoms with Crippen LogP contribution in [0.1, 0.15) is 29.7 Å². The Morgan fingerprint density at radius 2 is 2.22 bits per heavy atom. The summed E-state index contributed by atoms with van der Waals surface area (Å²) >= 11 is 0. The Balaban J connectivity index is 2.13. The molecule has 0 aliphatic heterocycles. The van der Waals surface area contributed by atoms with E-state index >= 15 is 0 Å². The normalized spacial score (nSPS) is 12.7. The molecule has 0 bridgehead atoms. The summed E-state index contributed by atoms with van der Waals surface area (Å²) in [5.41, 5.74) is 2.09. The molecule has 1 atom stereocenters. The maximum absolute atomic E-state index is 13.7. The number of nitrogens with zero attached hydrogens (tertiary/aromatic N) is 2. The molecule has 0 spiro atoms. The highest BCUT2D eigenvalue weighted by Crippen LogP contribution is 2.21. The molecule has 1 aromatic heterocycles. The average Bonchev–Trinajstić information content (AvgIpc) is 2.76. The zero-order valence-corrected chi connectivity index (χ0v) is 10.6. The van der Waals surface area contributed by atoms with E-state index in [4.69, 9.17) is 0 Å². The molecule has 1 aromatic carbocycles. The predicted molar refractivity (Wildman–Crippen MR) is 67.7 cm³/mol. The molecule has 0 aliphatic rings. The second-order valence-electron chi connectivity index (χ2n) is 4.45. The Bertz CT molecular complexity index is 536. The number of aliphatic hydroxyl groups excluding tert-OH is 1. The molecule has 2 rings (SSSR count). The lowest BCUT2D eigenvalue weighted by Gasteiger charge is -2.11. The molecule has 1 heterocycles. The number of hydrogen-bond donors (Lipinski definition) is 1. The van der Waals surface area contributed by atoms with Gasteiger partial charge >= 0.3 is 0 Å². The number of halogens is 1. The van der Waals surface area contributed by atoms with Gasteiger partial charge in [0.1, 0.15) is 5.82 Å². The van der Waals surface area contributed by atoms with Crippen molar-refractivity contribution in [3.05, 3.63) is 53.1 Å². The standard InChI is InChI=1S/C14H17FN2O/c1-3-17-9-11(8-16-17)7-14(18)12-5-4-10(2)6-13(12)15/h4-6,8-9,14,18H,3,7H2,1-2H3. The summed E-state index contributed by atoms with van der Waals surface area (Å²) < 4.78 is 15.5. The fourth-order valence-electron chi connectivity index (χ4n) is 1.92. The lowest BCUT2D eigenvalue weighted by Crippen LogP contribution is -2.04. The van der Waals surface area contributed by atoms with Crippen molar-refractivity contribution in [3.8, 4) is 0 Å². The number of aliphatic hydroxyl groups is 1. The van der Waals surface area contributed by atoms with Gasteiger partial charge in [0, 0.05) is 24.7 Å². The van der Waals surface area contributed by atoms with E-state index in [1.54, 1.807) is 23.0 Å². The van der Waals surface area contributed by atoms with Crippen LogP contribution in [0.4, 0.5) is 4.39 Å². The van der Waals surface area contributed by atoms with Crippen LogP contribution in [0, 0.1) is 12.7 Å². The molecule has 96 valence electrons. The summed E-state index contributed by atoms with van der Waals surface area (Å²) in [4.78, 5) is 0. The molecule has 4 heteroatoms. The maximum Gasteiger partial charge on any atom is 0.129 e. The molecule has 1 N–H and O–H groups in total. The highest BCUT2D eigenvalue weighted by atomic mass is 19.1. The minimum atomic E-state index is -0.833. The molecule has 0 fully saturated rings. The summed E-state index contributed by atoms with van der Waals surface area (Å²) in [7, 11) is 0. The number of aromatic nitrogens is 2. The van der Waals surface area contributed by atoms with Crippen molar-refractivity contribution in [2.24, 2.45) is 0 Å². The second kappa shape index (κ2) is 5.31. The van der Waals surface area contributed by atoms with Gasteiger partial charge in [0.05, 0.1) is 12.3 Å². The first-order valence-corrected chi connectivity index (χ1v) is 6.05. The molecular weight excluding hydrogens is 231 g/mol. The number of aryl methyl sites for hydroxylation is 2. The molecule has 2 aromatic rings. The molecule has 0 saturated carbocycles. The van der Waals surface area contributed by atoms with E-state index in [2.05, 4.69) is 5.10 Å². The zero-order valence-electron chi connectivity index (χ0n) is 10.6. The average molecular weight is 248 g/mol. The molecule has 0 amide bonds. The van der Waals surface area contributed by atoms with E-state index in [-0.39, 0.29) is 5.82 Å². The van der Waals surface area contributed by atoms with Gasteiger partial charge in [0.15, 0.2) is 0 Å². The summed E-state index contributed by atoms with van der Waals surface area (Å²) in [6.45, 7) is 4.60. The second-order valence-corrected chi connectivity index (χ2v) is 4.45. The Morgan fingerprint density at radius 3 is 2.83 bits per heavy atom. The van der Waals surface area contributed by atoms with Crippen molar-refractivity contribution < 1.29 is 9.50 Å². The van der Waals surface area contributed by atoms with E-state index in [0.29, 0.717) is 12.0 Å². The van der Waals surface area contributed by atoms with Gasteiger partial charge in [-0.1, -0.05) is 12.1 Å². The predicted octanol–water partition coefficient (Wildman–Crippen LogP) is 2.63. The Labute approximate surface area is 106 Å². The van der Waals surface area contributed by atoms with Crippen LogP contribution in [-0.2, 0) is 13.0 Å². The Morgan fingerprint density at radius 1 is 1.44 bits per heavy atom. The monoisotopic (exact) mass is 248 g/mol. The van der Waals surface area contributed by atoms with Crippen molar-refractivity contribution in [1.82, 2.24) is 9.78 Å². The van der Waals surface area contributed by atoms with E-state index in [1.807, 2.05) is 20.0 Å².